The molecule has 6 nitrogen and oxygen atoms in total. The molecule has 0 aliphatic carbocycles. The maximum atomic E-state index is 5.31. The molecule has 25 heavy (non-hydrogen) atoms. The van der Waals surface area contributed by atoms with E-state index in [2.05, 4.69) is 32.7 Å². The Balaban J connectivity index is 1.69. The molecular formula is C19H20N4O2. The lowest BCUT2D eigenvalue weighted by Crippen LogP contribution is -2.04. The third-order valence-electron chi connectivity index (χ3n) is 3.61. The van der Waals surface area contributed by atoms with Gasteiger partial charge in [0.25, 0.3) is 0 Å². The van der Waals surface area contributed by atoms with E-state index in [1.54, 1.807) is 20.4 Å². The van der Waals surface area contributed by atoms with E-state index < -0.39 is 0 Å². The van der Waals surface area contributed by atoms with Crippen LogP contribution in [0.25, 0.3) is 0 Å². The summed E-state index contributed by atoms with van der Waals surface area (Å²) >= 11 is 0. The second kappa shape index (κ2) is 8.01. The van der Waals surface area contributed by atoms with E-state index >= 15 is 0 Å². The van der Waals surface area contributed by atoms with Gasteiger partial charge in [-0.05, 0) is 23.8 Å². The number of benzene rings is 2. The monoisotopic (exact) mass is 336 g/mol. The summed E-state index contributed by atoms with van der Waals surface area (Å²) in [6.45, 7) is 0.702. The van der Waals surface area contributed by atoms with Gasteiger partial charge in [0, 0.05) is 24.5 Å². The van der Waals surface area contributed by atoms with Crippen LogP contribution >= 0.6 is 0 Å². The fourth-order valence-corrected chi connectivity index (χ4v) is 2.35. The molecule has 0 saturated heterocycles. The molecule has 2 aromatic carbocycles. The van der Waals surface area contributed by atoms with Crippen LogP contribution in [0.2, 0.25) is 0 Å². The van der Waals surface area contributed by atoms with Crippen molar-refractivity contribution in [3.63, 3.8) is 0 Å². The fraction of sp³-hybridized carbons (Fsp3) is 0.158. The lowest BCUT2D eigenvalue weighted by molar-refractivity contribution is 0.355. The van der Waals surface area contributed by atoms with Crippen LogP contribution in [0.3, 0.4) is 0 Å². The van der Waals surface area contributed by atoms with Gasteiger partial charge in [-0.25, -0.2) is 4.98 Å². The molecule has 0 spiro atoms. The Hall–Kier alpha value is -3.28. The first-order valence-corrected chi connectivity index (χ1v) is 7.88. The predicted molar refractivity (Wildman–Crippen MR) is 98.6 cm³/mol. The van der Waals surface area contributed by atoms with E-state index in [9.17, 15) is 0 Å². The smallest absolute Gasteiger partial charge is 0.229 e. The molecule has 0 aliphatic heterocycles. The Morgan fingerprint density at radius 3 is 2.48 bits per heavy atom. The summed E-state index contributed by atoms with van der Waals surface area (Å²) in [7, 11) is 3.21. The van der Waals surface area contributed by atoms with Crippen molar-refractivity contribution in [2.24, 2.45) is 0 Å². The number of nitrogens with zero attached hydrogens (tertiary/aromatic N) is 2. The van der Waals surface area contributed by atoms with Gasteiger partial charge in [0.2, 0.25) is 5.95 Å². The van der Waals surface area contributed by atoms with E-state index in [0.717, 1.165) is 11.5 Å². The number of methoxy groups -OCH3 is 2. The van der Waals surface area contributed by atoms with Crippen molar-refractivity contribution in [2.75, 3.05) is 24.9 Å². The molecule has 0 amide bonds. The fourth-order valence-electron chi connectivity index (χ4n) is 2.35. The molecule has 3 aromatic rings. The third kappa shape index (κ3) is 4.38. The summed E-state index contributed by atoms with van der Waals surface area (Å²) in [6.07, 6.45) is 1.71. The predicted octanol–water partition coefficient (Wildman–Crippen LogP) is 3.85. The molecule has 0 aliphatic rings. The average molecular weight is 336 g/mol. The largest absolute Gasteiger partial charge is 0.493 e. The van der Waals surface area contributed by atoms with Gasteiger partial charge in [0.1, 0.15) is 5.82 Å². The number of aromatic nitrogens is 2. The number of ether oxygens (including phenoxy) is 2. The Bertz CT molecular complexity index is 825. The van der Waals surface area contributed by atoms with E-state index in [4.69, 9.17) is 9.47 Å². The van der Waals surface area contributed by atoms with E-state index in [-0.39, 0.29) is 0 Å². The van der Waals surface area contributed by atoms with Crippen LogP contribution in [0.4, 0.5) is 17.5 Å². The Morgan fingerprint density at radius 2 is 1.72 bits per heavy atom. The Kier molecular flexibility index (Phi) is 5.31. The van der Waals surface area contributed by atoms with Crippen molar-refractivity contribution in [2.45, 2.75) is 6.54 Å². The summed E-state index contributed by atoms with van der Waals surface area (Å²) in [6, 6.07) is 17.6. The molecule has 0 unspecified atom stereocenters. The minimum atomic E-state index is 0.505. The van der Waals surface area contributed by atoms with Gasteiger partial charge < -0.3 is 20.1 Å². The normalized spacial score (nSPS) is 10.2. The summed E-state index contributed by atoms with van der Waals surface area (Å²) in [5, 5.41) is 6.46. The number of nitrogens with one attached hydrogen (secondary N) is 2. The molecule has 1 aromatic heterocycles. The zero-order chi connectivity index (χ0) is 17.5. The van der Waals surface area contributed by atoms with Gasteiger partial charge in [-0.15, -0.1) is 0 Å². The van der Waals surface area contributed by atoms with Gasteiger partial charge in [0.05, 0.1) is 14.2 Å². The summed E-state index contributed by atoms with van der Waals surface area (Å²) in [5.41, 5.74) is 2.01. The van der Waals surface area contributed by atoms with Crippen LogP contribution < -0.4 is 20.1 Å². The van der Waals surface area contributed by atoms with Crippen molar-refractivity contribution in [3.05, 3.63) is 66.4 Å². The molecule has 128 valence electrons. The molecule has 0 atom stereocenters. The highest BCUT2D eigenvalue weighted by Crippen LogP contribution is 2.30. The zero-order valence-electron chi connectivity index (χ0n) is 14.2. The highest BCUT2D eigenvalue weighted by molar-refractivity contribution is 5.60. The van der Waals surface area contributed by atoms with Gasteiger partial charge in [-0.1, -0.05) is 30.3 Å². The molecule has 2 N–H and O–H groups in total. The second-order valence-corrected chi connectivity index (χ2v) is 5.30. The average Bonchev–Trinajstić information content (AvgIpc) is 2.67. The van der Waals surface area contributed by atoms with Crippen molar-refractivity contribution >= 4 is 17.5 Å². The van der Waals surface area contributed by atoms with Crippen molar-refractivity contribution < 1.29 is 9.47 Å². The van der Waals surface area contributed by atoms with Crippen LogP contribution in [0, 0.1) is 0 Å². The van der Waals surface area contributed by atoms with Crippen molar-refractivity contribution in [3.8, 4) is 11.5 Å². The van der Waals surface area contributed by atoms with E-state index in [1.807, 2.05) is 42.5 Å². The third-order valence-corrected chi connectivity index (χ3v) is 3.61. The van der Waals surface area contributed by atoms with Crippen molar-refractivity contribution in [1.29, 1.82) is 0 Å². The lowest BCUT2D eigenvalue weighted by atomic mass is 10.2. The molecule has 0 saturated carbocycles. The number of hydrogen-bond acceptors (Lipinski definition) is 6. The minimum Gasteiger partial charge on any atom is -0.493 e. The maximum absolute atomic E-state index is 5.31. The minimum absolute atomic E-state index is 0.505. The van der Waals surface area contributed by atoms with Crippen molar-refractivity contribution in [1.82, 2.24) is 9.97 Å². The first kappa shape index (κ1) is 16.6. The van der Waals surface area contributed by atoms with Crippen LogP contribution in [0.15, 0.2) is 60.8 Å². The topological polar surface area (TPSA) is 68.3 Å². The van der Waals surface area contributed by atoms with Crippen LogP contribution in [-0.4, -0.2) is 24.2 Å². The van der Waals surface area contributed by atoms with Gasteiger partial charge in [0.15, 0.2) is 11.5 Å². The SMILES string of the molecule is COc1ccc(Nc2nccc(NCc3ccccc3)n2)cc1OC. The number of hydrogen-bond donors (Lipinski definition) is 2. The highest BCUT2D eigenvalue weighted by Gasteiger charge is 2.06. The second-order valence-electron chi connectivity index (χ2n) is 5.30. The van der Waals surface area contributed by atoms with Crippen LogP contribution in [0.5, 0.6) is 11.5 Å². The first-order valence-electron chi connectivity index (χ1n) is 7.88. The Labute approximate surface area is 146 Å². The lowest BCUT2D eigenvalue weighted by Gasteiger charge is -2.11. The number of anilines is 3. The summed E-state index contributed by atoms with van der Waals surface area (Å²) in [4.78, 5) is 8.73. The first-order chi connectivity index (χ1) is 12.3. The van der Waals surface area contributed by atoms with Gasteiger partial charge >= 0.3 is 0 Å². The van der Waals surface area contributed by atoms with E-state index in [1.165, 1.54) is 5.56 Å². The molecule has 6 heteroatoms. The van der Waals surface area contributed by atoms with E-state index in [0.29, 0.717) is 24.0 Å². The zero-order valence-corrected chi connectivity index (χ0v) is 14.2. The molecule has 1 heterocycles. The molecule has 0 bridgehead atoms. The molecular weight excluding hydrogens is 316 g/mol. The molecule has 0 fully saturated rings. The quantitative estimate of drug-likeness (QED) is 0.683. The van der Waals surface area contributed by atoms with Gasteiger partial charge in [-0.2, -0.15) is 4.98 Å². The van der Waals surface area contributed by atoms with Gasteiger partial charge in [-0.3, -0.25) is 0 Å². The standard InChI is InChI=1S/C19H20N4O2/c1-24-16-9-8-15(12-17(16)25-2)22-19-20-11-10-18(23-19)21-13-14-6-4-3-5-7-14/h3-12H,13H2,1-2H3,(H2,20,21,22,23). The van der Waals surface area contributed by atoms with Crippen LogP contribution in [0.1, 0.15) is 5.56 Å². The highest BCUT2D eigenvalue weighted by atomic mass is 16.5. The molecule has 3 rings (SSSR count). The summed E-state index contributed by atoms with van der Waals surface area (Å²) in [5.74, 6) is 2.57. The number of rotatable bonds is 7. The Morgan fingerprint density at radius 1 is 0.920 bits per heavy atom. The summed E-state index contributed by atoms with van der Waals surface area (Å²) < 4.78 is 10.5. The molecule has 0 radical (unpaired) electrons. The van der Waals surface area contributed by atoms with Crippen LogP contribution in [-0.2, 0) is 6.54 Å². The maximum Gasteiger partial charge on any atom is 0.229 e.